The number of aromatic nitrogens is 1. The molecule has 1 aromatic carbocycles. The number of rotatable bonds is 3. The molecule has 0 aliphatic rings. The van der Waals surface area contributed by atoms with Gasteiger partial charge in [0.15, 0.2) is 0 Å². The van der Waals surface area contributed by atoms with Gasteiger partial charge in [0.05, 0.1) is 16.9 Å². The highest BCUT2D eigenvalue weighted by atomic mass is 16.5. The van der Waals surface area contributed by atoms with Gasteiger partial charge in [-0.25, -0.2) is 4.79 Å². The minimum atomic E-state index is -1.18. The third kappa shape index (κ3) is 2.71. The van der Waals surface area contributed by atoms with Crippen molar-refractivity contribution in [2.24, 2.45) is 0 Å². The Morgan fingerprint density at radius 2 is 2.11 bits per heavy atom. The fraction of sp³-hybridized carbons (Fsp3) is 0.0833. The summed E-state index contributed by atoms with van der Waals surface area (Å²) in [5, 5.41) is 15.1. The minimum Gasteiger partial charge on any atom is -0.478 e. The van der Waals surface area contributed by atoms with E-state index >= 15 is 0 Å². The number of nitrogens with one attached hydrogen (secondary N) is 1. The van der Waals surface area contributed by atoms with Gasteiger partial charge in [-0.3, -0.25) is 4.79 Å². The van der Waals surface area contributed by atoms with Gasteiger partial charge in [-0.05, 0) is 25.1 Å². The lowest BCUT2D eigenvalue weighted by atomic mass is 10.1. The predicted molar refractivity (Wildman–Crippen MR) is 67.0 cm³/mol. The number of benzene rings is 1. The molecule has 2 rings (SSSR count). The molecular formula is C12H11N3O4. The lowest BCUT2D eigenvalue weighted by Crippen LogP contribution is -2.14. The number of hydrogen-bond acceptors (Lipinski definition) is 5. The van der Waals surface area contributed by atoms with Crippen LogP contribution in [-0.2, 0) is 0 Å². The molecule has 4 N–H and O–H groups in total. The van der Waals surface area contributed by atoms with E-state index in [4.69, 9.17) is 15.4 Å². The van der Waals surface area contributed by atoms with Crippen LogP contribution >= 0.6 is 0 Å². The summed E-state index contributed by atoms with van der Waals surface area (Å²) < 4.78 is 4.79. The number of carboxylic acids is 1. The van der Waals surface area contributed by atoms with Crippen molar-refractivity contribution in [1.82, 2.24) is 5.16 Å². The molecule has 0 atom stereocenters. The van der Waals surface area contributed by atoms with E-state index in [1.54, 1.807) is 6.92 Å². The second-order valence-corrected chi connectivity index (χ2v) is 3.90. The molecule has 7 heteroatoms. The maximum atomic E-state index is 11.8. The van der Waals surface area contributed by atoms with Crippen molar-refractivity contribution in [2.75, 3.05) is 11.1 Å². The van der Waals surface area contributed by atoms with Crippen molar-refractivity contribution in [2.45, 2.75) is 6.92 Å². The van der Waals surface area contributed by atoms with Crippen LogP contribution in [0.5, 0.6) is 0 Å². The number of nitrogens with two attached hydrogens (primary N) is 1. The molecular weight excluding hydrogens is 250 g/mol. The maximum absolute atomic E-state index is 11.8. The highest BCUT2D eigenvalue weighted by Gasteiger charge is 2.16. The normalized spacial score (nSPS) is 10.2. The van der Waals surface area contributed by atoms with E-state index in [0.717, 1.165) is 0 Å². The number of carboxylic acid groups (broad SMARTS) is 1. The van der Waals surface area contributed by atoms with Crippen molar-refractivity contribution in [1.29, 1.82) is 0 Å². The van der Waals surface area contributed by atoms with Crippen molar-refractivity contribution in [3.63, 3.8) is 0 Å². The first-order valence-corrected chi connectivity index (χ1v) is 5.35. The highest BCUT2D eigenvalue weighted by Crippen LogP contribution is 2.20. The van der Waals surface area contributed by atoms with Gasteiger partial charge in [-0.15, -0.1) is 0 Å². The quantitative estimate of drug-likeness (QED) is 0.721. The number of amides is 1. The largest absolute Gasteiger partial charge is 0.478 e. The molecule has 0 unspecified atom stereocenters. The molecule has 1 amide bonds. The Morgan fingerprint density at radius 3 is 2.68 bits per heavy atom. The number of aryl methyl sites for hydroxylation is 1. The zero-order valence-corrected chi connectivity index (χ0v) is 10.0. The summed E-state index contributed by atoms with van der Waals surface area (Å²) in [6.45, 7) is 1.67. The Bertz CT molecular complexity index is 648. The Hall–Kier alpha value is -2.83. The van der Waals surface area contributed by atoms with Crippen molar-refractivity contribution < 1.29 is 19.2 Å². The molecule has 0 radical (unpaired) electrons. The molecule has 0 saturated carbocycles. The van der Waals surface area contributed by atoms with E-state index in [1.807, 2.05) is 0 Å². The maximum Gasteiger partial charge on any atom is 0.337 e. The predicted octanol–water partition coefficient (Wildman–Crippen LogP) is 1.52. The molecule has 0 fully saturated rings. The van der Waals surface area contributed by atoms with Crippen LogP contribution in [0.1, 0.15) is 26.6 Å². The van der Waals surface area contributed by atoms with Crippen LogP contribution in [-0.4, -0.2) is 22.1 Å². The van der Waals surface area contributed by atoms with Gasteiger partial charge < -0.3 is 20.7 Å². The van der Waals surface area contributed by atoms with Crippen LogP contribution in [0.15, 0.2) is 28.8 Å². The molecule has 0 aliphatic heterocycles. The van der Waals surface area contributed by atoms with Crippen LogP contribution < -0.4 is 11.1 Å². The smallest absolute Gasteiger partial charge is 0.337 e. The fourth-order valence-electron chi connectivity index (χ4n) is 1.50. The van der Waals surface area contributed by atoms with E-state index in [1.165, 1.54) is 24.3 Å². The van der Waals surface area contributed by atoms with E-state index in [2.05, 4.69) is 10.5 Å². The lowest BCUT2D eigenvalue weighted by molar-refractivity contribution is 0.0698. The van der Waals surface area contributed by atoms with Gasteiger partial charge >= 0.3 is 5.97 Å². The molecule has 2 aromatic rings. The molecule has 0 bridgehead atoms. The molecule has 1 heterocycles. The van der Waals surface area contributed by atoms with E-state index in [9.17, 15) is 9.59 Å². The Kier molecular flexibility index (Phi) is 3.19. The molecule has 19 heavy (non-hydrogen) atoms. The number of nitrogens with zero attached hydrogens (tertiary/aromatic N) is 1. The molecule has 1 aromatic heterocycles. The minimum absolute atomic E-state index is 0.00524. The first kappa shape index (κ1) is 12.6. The molecule has 0 spiro atoms. The zero-order valence-electron chi connectivity index (χ0n) is 10.0. The van der Waals surface area contributed by atoms with Crippen LogP contribution in [0.4, 0.5) is 11.4 Å². The Balaban J connectivity index is 2.28. The SMILES string of the molecule is Cc1cc(C(=O)Nc2ccc(N)cc2C(=O)O)on1. The topological polar surface area (TPSA) is 118 Å². The zero-order chi connectivity index (χ0) is 14.0. The third-order valence-corrected chi connectivity index (χ3v) is 2.37. The number of nitrogen functional groups attached to an aromatic ring is 1. The van der Waals surface area contributed by atoms with E-state index < -0.39 is 11.9 Å². The molecule has 98 valence electrons. The van der Waals surface area contributed by atoms with Crippen LogP contribution in [0.25, 0.3) is 0 Å². The molecule has 0 aliphatic carbocycles. The summed E-state index contributed by atoms with van der Waals surface area (Å²) in [5.74, 6) is -1.75. The fourth-order valence-corrected chi connectivity index (χ4v) is 1.50. The standard InChI is InChI=1S/C12H11N3O4/c1-6-4-10(19-15-6)11(16)14-9-3-2-7(13)5-8(9)12(17)18/h2-5H,13H2,1H3,(H,14,16)(H,17,18). The van der Waals surface area contributed by atoms with Crippen molar-refractivity contribution in [3.05, 3.63) is 41.3 Å². The third-order valence-electron chi connectivity index (χ3n) is 2.37. The number of hydrogen-bond donors (Lipinski definition) is 3. The average Bonchev–Trinajstić information content (AvgIpc) is 2.78. The van der Waals surface area contributed by atoms with Gasteiger partial charge in [0.25, 0.3) is 5.91 Å². The molecule has 0 saturated heterocycles. The summed E-state index contributed by atoms with van der Waals surface area (Å²) in [4.78, 5) is 22.9. The van der Waals surface area contributed by atoms with Gasteiger partial charge in [-0.2, -0.15) is 0 Å². The van der Waals surface area contributed by atoms with E-state index in [0.29, 0.717) is 11.4 Å². The Morgan fingerprint density at radius 1 is 1.37 bits per heavy atom. The van der Waals surface area contributed by atoms with Crippen LogP contribution in [0.3, 0.4) is 0 Å². The van der Waals surface area contributed by atoms with Gasteiger partial charge in [0.1, 0.15) is 0 Å². The number of anilines is 2. The summed E-state index contributed by atoms with van der Waals surface area (Å²) in [6, 6.07) is 5.63. The second-order valence-electron chi connectivity index (χ2n) is 3.90. The van der Waals surface area contributed by atoms with Crippen molar-refractivity contribution in [3.8, 4) is 0 Å². The second kappa shape index (κ2) is 4.81. The van der Waals surface area contributed by atoms with E-state index in [-0.39, 0.29) is 17.0 Å². The lowest BCUT2D eigenvalue weighted by Gasteiger charge is -2.07. The monoisotopic (exact) mass is 261 g/mol. The average molecular weight is 261 g/mol. The molecule has 7 nitrogen and oxygen atoms in total. The van der Waals surface area contributed by atoms with Gasteiger partial charge in [0, 0.05) is 11.8 Å². The van der Waals surface area contributed by atoms with Crippen molar-refractivity contribution >= 4 is 23.3 Å². The first-order valence-electron chi connectivity index (χ1n) is 5.35. The summed E-state index contributed by atoms with van der Waals surface area (Å²) >= 11 is 0. The number of aromatic carboxylic acids is 1. The highest BCUT2D eigenvalue weighted by molar-refractivity contribution is 6.06. The summed E-state index contributed by atoms with van der Waals surface area (Å²) in [7, 11) is 0. The van der Waals surface area contributed by atoms with Gasteiger partial charge in [0.2, 0.25) is 5.76 Å². The van der Waals surface area contributed by atoms with Crippen LogP contribution in [0.2, 0.25) is 0 Å². The number of carbonyl (C=O) groups excluding carboxylic acids is 1. The Labute approximate surface area is 108 Å². The summed E-state index contributed by atoms with van der Waals surface area (Å²) in [6.07, 6.45) is 0. The number of carbonyl (C=O) groups is 2. The van der Waals surface area contributed by atoms with Crippen LogP contribution in [0, 0.1) is 6.92 Å². The summed E-state index contributed by atoms with van der Waals surface area (Å²) in [5.41, 5.74) is 6.41. The first-order chi connectivity index (χ1) is 8.97. The van der Waals surface area contributed by atoms with Gasteiger partial charge in [-0.1, -0.05) is 5.16 Å².